The number of carbonyl (C=O) groups excluding carboxylic acids is 2. The van der Waals surface area contributed by atoms with Crippen molar-refractivity contribution in [3.63, 3.8) is 0 Å². The van der Waals surface area contributed by atoms with Crippen molar-refractivity contribution < 1.29 is 23.3 Å². The molecule has 3 aliphatic rings. The van der Waals surface area contributed by atoms with E-state index in [4.69, 9.17) is 9.47 Å². The van der Waals surface area contributed by atoms with E-state index in [-0.39, 0.29) is 28.5 Å². The number of hydrogen-bond donors (Lipinski definition) is 2. The van der Waals surface area contributed by atoms with Crippen LogP contribution >= 0.6 is 0 Å². The molecule has 1 aliphatic heterocycles. The molecule has 3 amide bonds. The Balaban J connectivity index is 1.49. The van der Waals surface area contributed by atoms with Crippen LogP contribution in [0.4, 0.5) is 15.3 Å². The van der Waals surface area contributed by atoms with Crippen molar-refractivity contribution in [2.75, 3.05) is 19.0 Å². The SMILES string of the molecule is CN(C(=O)OC(C)(C)C)[C@H]1COc2c(S(=O)(=NC(=O)Nc3c4c(cc5c3CCC5)CCC4)N[Si](C)(C)C(C)(C)C)cnn2C1. The molecule has 5 rings (SSSR count). The monoisotopic (exact) mass is 644 g/mol. The zero-order valence-corrected chi connectivity index (χ0v) is 29.4. The minimum absolute atomic E-state index is 0.151. The van der Waals surface area contributed by atoms with Crippen molar-refractivity contribution >= 4 is 36.0 Å². The maximum Gasteiger partial charge on any atom is 0.410 e. The fourth-order valence-corrected chi connectivity index (χ4v) is 11.4. The minimum atomic E-state index is -3.52. The molecule has 11 nitrogen and oxygen atoms in total. The molecule has 0 spiro atoms. The van der Waals surface area contributed by atoms with E-state index in [0.29, 0.717) is 6.54 Å². The Morgan fingerprint density at radius 3 is 2.27 bits per heavy atom. The Hall–Kier alpha value is -2.90. The van der Waals surface area contributed by atoms with Crippen LogP contribution in [-0.4, -0.2) is 64.5 Å². The van der Waals surface area contributed by atoms with Crippen molar-refractivity contribution in [1.29, 1.82) is 0 Å². The lowest BCUT2D eigenvalue weighted by Crippen LogP contribution is -2.54. The van der Waals surface area contributed by atoms with Crippen LogP contribution in [0.5, 0.6) is 5.88 Å². The molecule has 0 saturated heterocycles. The number of benzene rings is 1. The second-order valence-corrected chi connectivity index (χ2v) is 22.1. The lowest BCUT2D eigenvalue weighted by Gasteiger charge is -2.38. The number of carbonyl (C=O) groups is 2. The largest absolute Gasteiger partial charge is 0.475 e. The molecular formula is C31H48N6O5SSi. The van der Waals surface area contributed by atoms with Gasteiger partial charge in [0.05, 0.1) is 18.8 Å². The van der Waals surface area contributed by atoms with Gasteiger partial charge in [-0.2, -0.15) is 5.10 Å². The standard InChI is InChI=1S/C31H48N6O5SSi/c1-30(2,3)42-29(39)36(7)22-18-37-27(41-19-22)25(17-32-37)43(40,35-44(8,9)31(4,5)6)34-28(38)33-26-23-14-10-12-20(23)16-21-13-11-15-24(21)26/h16-17,22H,10-15,18-19H2,1-9H3,(H2,33,34,35,38,40)/t22-,43?/m1/s1. The number of nitrogens with one attached hydrogen (secondary N) is 2. The maximum atomic E-state index is 15.0. The number of anilines is 1. The third-order valence-corrected chi connectivity index (χ3v) is 17.5. The van der Waals surface area contributed by atoms with Gasteiger partial charge in [0.2, 0.25) is 5.88 Å². The summed E-state index contributed by atoms with van der Waals surface area (Å²) in [6, 6.07) is 1.31. The van der Waals surface area contributed by atoms with E-state index in [9.17, 15) is 9.59 Å². The molecule has 1 unspecified atom stereocenters. The van der Waals surface area contributed by atoms with Gasteiger partial charge in [0.1, 0.15) is 35.3 Å². The smallest absolute Gasteiger partial charge is 0.410 e. The highest BCUT2D eigenvalue weighted by Crippen LogP contribution is 2.40. The number of urea groups is 1. The van der Waals surface area contributed by atoms with E-state index >= 15 is 4.21 Å². The Labute approximate surface area is 262 Å². The fourth-order valence-electron chi connectivity index (χ4n) is 5.81. The summed E-state index contributed by atoms with van der Waals surface area (Å²) < 4.78 is 36.0. The average molecular weight is 645 g/mol. The lowest BCUT2D eigenvalue weighted by atomic mass is 9.99. The Bertz CT molecular complexity index is 1560. The zero-order chi connectivity index (χ0) is 32.2. The predicted octanol–water partition coefficient (Wildman–Crippen LogP) is 6.06. The Kier molecular flexibility index (Phi) is 8.47. The molecule has 2 atom stereocenters. The van der Waals surface area contributed by atoms with Crippen LogP contribution in [-0.2, 0) is 46.9 Å². The predicted molar refractivity (Wildman–Crippen MR) is 174 cm³/mol. The van der Waals surface area contributed by atoms with E-state index in [1.807, 2.05) is 20.8 Å². The van der Waals surface area contributed by atoms with Crippen LogP contribution in [0.2, 0.25) is 18.1 Å². The first-order chi connectivity index (χ1) is 20.4. The van der Waals surface area contributed by atoms with Crippen LogP contribution in [0.25, 0.3) is 0 Å². The number of fused-ring (bicyclic) bond motifs is 3. The van der Waals surface area contributed by atoms with Gasteiger partial charge in [-0.15, -0.1) is 4.36 Å². The molecule has 1 aromatic heterocycles. The molecule has 0 saturated carbocycles. The summed E-state index contributed by atoms with van der Waals surface area (Å²) in [4.78, 5) is 28.2. The highest BCUT2D eigenvalue weighted by molar-refractivity contribution is 7.93. The van der Waals surface area contributed by atoms with Crippen LogP contribution < -0.4 is 14.4 Å². The van der Waals surface area contributed by atoms with Gasteiger partial charge < -0.3 is 19.7 Å². The zero-order valence-electron chi connectivity index (χ0n) is 27.6. The number of likely N-dealkylation sites (N-methyl/N-ethyl adjacent to an activating group) is 1. The van der Waals surface area contributed by atoms with E-state index < -0.39 is 35.9 Å². The van der Waals surface area contributed by atoms with Gasteiger partial charge in [-0.25, -0.2) is 22.9 Å². The first-order valence-corrected chi connectivity index (χ1v) is 20.1. The Morgan fingerprint density at radius 1 is 1.09 bits per heavy atom. The summed E-state index contributed by atoms with van der Waals surface area (Å²) in [5.41, 5.74) is 5.19. The summed E-state index contributed by atoms with van der Waals surface area (Å²) in [6.07, 6.45) is 6.99. The van der Waals surface area contributed by atoms with Crippen molar-refractivity contribution in [2.45, 2.75) is 121 Å². The summed E-state index contributed by atoms with van der Waals surface area (Å²) in [5, 5.41) is 7.37. The molecule has 44 heavy (non-hydrogen) atoms. The molecule has 1 aromatic carbocycles. The molecule has 2 N–H and O–H groups in total. The van der Waals surface area contributed by atoms with Gasteiger partial charge >= 0.3 is 12.1 Å². The number of nitrogens with zero attached hydrogens (tertiary/aromatic N) is 4. The van der Waals surface area contributed by atoms with Crippen molar-refractivity contribution in [3.05, 3.63) is 34.5 Å². The fraction of sp³-hybridized carbons (Fsp3) is 0.645. The molecular weight excluding hydrogens is 597 g/mol. The number of aromatic nitrogens is 2. The van der Waals surface area contributed by atoms with Gasteiger partial charge in [-0.1, -0.05) is 39.9 Å². The van der Waals surface area contributed by atoms with E-state index in [0.717, 1.165) is 44.2 Å². The third kappa shape index (κ3) is 6.41. The quantitative estimate of drug-likeness (QED) is 0.381. The number of ether oxygens (including phenoxy) is 2. The van der Waals surface area contributed by atoms with Crippen molar-refractivity contribution in [3.8, 4) is 5.88 Å². The highest BCUT2D eigenvalue weighted by atomic mass is 32.2. The molecule has 2 heterocycles. The van der Waals surface area contributed by atoms with Crippen molar-refractivity contribution in [2.24, 2.45) is 4.36 Å². The molecule has 0 fully saturated rings. The van der Waals surface area contributed by atoms with E-state index in [1.165, 1.54) is 33.4 Å². The highest BCUT2D eigenvalue weighted by Gasteiger charge is 2.42. The summed E-state index contributed by atoms with van der Waals surface area (Å²) in [7, 11) is -4.32. The van der Waals surface area contributed by atoms with Gasteiger partial charge in [0.15, 0.2) is 0 Å². The normalized spacial score (nSPS) is 19.2. The van der Waals surface area contributed by atoms with Crippen LogP contribution in [0, 0.1) is 0 Å². The second kappa shape index (κ2) is 11.5. The minimum Gasteiger partial charge on any atom is -0.475 e. The van der Waals surface area contributed by atoms with Gasteiger partial charge in [-0.05, 0) is 86.6 Å². The van der Waals surface area contributed by atoms with E-state index in [2.05, 4.69) is 59.1 Å². The topological polar surface area (TPSA) is 127 Å². The van der Waals surface area contributed by atoms with Gasteiger partial charge in [0.25, 0.3) is 0 Å². The van der Waals surface area contributed by atoms with Crippen LogP contribution in [0.15, 0.2) is 21.5 Å². The van der Waals surface area contributed by atoms with E-state index in [1.54, 1.807) is 11.7 Å². The number of hydrogen-bond acceptors (Lipinski definition) is 6. The molecule has 0 radical (unpaired) electrons. The molecule has 242 valence electrons. The first-order valence-electron chi connectivity index (χ1n) is 15.6. The maximum absolute atomic E-state index is 15.0. The summed E-state index contributed by atoms with van der Waals surface area (Å²) in [6.45, 7) is 16.4. The number of aryl methyl sites for hydroxylation is 2. The molecule has 2 aliphatic carbocycles. The second-order valence-electron chi connectivity index (χ2n) is 14.8. The summed E-state index contributed by atoms with van der Waals surface area (Å²) in [5.74, 6) is 0.285. The average Bonchev–Trinajstić information content (AvgIpc) is 3.65. The first kappa shape index (κ1) is 32.5. The molecule has 0 bridgehead atoms. The lowest BCUT2D eigenvalue weighted by molar-refractivity contribution is 0.0101. The van der Waals surface area contributed by atoms with Crippen LogP contribution in [0.1, 0.15) is 76.6 Å². The Morgan fingerprint density at radius 2 is 1.70 bits per heavy atom. The molecule has 13 heteroatoms. The van der Waals surface area contributed by atoms with Crippen molar-refractivity contribution in [1.82, 2.24) is 19.1 Å². The molecule has 2 aromatic rings. The third-order valence-electron chi connectivity index (χ3n) is 9.27. The van der Waals surface area contributed by atoms with Gasteiger partial charge in [0, 0.05) is 12.7 Å². The summed E-state index contributed by atoms with van der Waals surface area (Å²) >= 11 is 0. The number of rotatable bonds is 5. The van der Waals surface area contributed by atoms with Crippen LogP contribution in [0.3, 0.4) is 0 Å². The number of amides is 3. The van der Waals surface area contributed by atoms with Gasteiger partial charge in [-0.3, -0.25) is 0 Å².